The third-order valence-corrected chi connectivity index (χ3v) is 1.71. The molecule has 1 N–H and O–H groups in total. The summed E-state index contributed by atoms with van der Waals surface area (Å²) in [6, 6.07) is 6.82. The van der Waals surface area contributed by atoms with Crippen molar-refractivity contribution in [1.29, 1.82) is 0 Å². The van der Waals surface area contributed by atoms with Gasteiger partial charge in [-0.05, 0) is 6.07 Å². The van der Waals surface area contributed by atoms with Gasteiger partial charge in [0, 0.05) is 11.0 Å². The molecule has 0 radical (unpaired) electrons. The van der Waals surface area contributed by atoms with Crippen LogP contribution in [0.25, 0.3) is 11.0 Å². The van der Waals surface area contributed by atoms with E-state index in [-0.39, 0.29) is 0 Å². The van der Waals surface area contributed by atoms with Crippen molar-refractivity contribution in [2.75, 3.05) is 0 Å². The molecule has 0 amide bonds. The summed E-state index contributed by atoms with van der Waals surface area (Å²) in [5.74, 6) is 0. The molecule has 0 spiro atoms. The van der Waals surface area contributed by atoms with Gasteiger partial charge in [0.05, 0.1) is 4.43 Å². The highest BCUT2D eigenvalue weighted by molar-refractivity contribution is 5.70. The molecule has 0 saturated carbocycles. The van der Waals surface area contributed by atoms with Crippen LogP contribution < -0.4 is 4.43 Å². The number of rotatable bonds is 0. The summed E-state index contributed by atoms with van der Waals surface area (Å²) in [5, 5.41) is 9.26. The first kappa shape index (κ1) is 6.84. The Labute approximate surface area is 67.9 Å². The quantitative estimate of drug-likeness (QED) is 0.461. The average molecular weight is 163 g/mol. The molecule has 12 heavy (non-hydrogen) atoms. The van der Waals surface area contributed by atoms with Crippen molar-refractivity contribution in [3.05, 3.63) is 41.6 Å². The van der Waals surface area contributed by atoms with Gasteiger partial charge in [0.15, 0.2) is 5.52 Å². The Morgan fingerprint density at radius 2 is 2.08 bits per heavy atom. The topological polar surface area (TPSA) is 48.1 Å². The number of aromatic nitrogens is 2. The van der Waals surface area contributed by atoms with Crippen molar-refractivity contribution in [3.63, 3.8) is 0 Å². The molecule has 1 heterocycles. The fourth-order valence-corrected chi connectivity index (χ4v) is 1.13. The van der Waals surface area contributed by atoms with Gasteiger partial charge < -0.3 is 5.21 Å². The second-order valence-electron chi connectivity index (χ2n) is 2.46. The van der Waals surface area contributed by atoms with Gasteiger partial charge in [0.2, 0.25) is 6.20 Å². The van der Waals surface area contributed by atoms with E-state index in [1.807, 2.05) is 0 Å². The van der Waals surface area contributed by atoms with E-state index >= 15 is 0 Å². The van der Waals surface area contributed by atoms with Gasteiger partial charge in [-0.25, -0.2) is 0 Å². The molecule has 0 fully saturated rings. The largest absolute Gasteiger partial charge is 0.428 e. The maximum absolute atomic E-state index is 11.1. The summed E-state index contributed by atoms with van der Waals surface area (Å²) in [7, 11) is 0. The Morgan fingerprint density at radius 3 is 2.83 bits per heavy atom. The van der Waals surface area contributed by atoms with Gasteiger partial charge >= 0.3 is 0 Å². The van der Waals surface area contributed by atoms with E-state index < -0.39 is 0 Å². The normalized spacial score (nSPS) is 10.3. The molecule has 0 atom stereocenters. The molecule has 0 aliphatic carbocycles. The van der Waals surface area contributed by atoms with Crippen molar-refractivity contribution in [2.24, 2.45) is 0 Å². The van der Waals surface area contributed by atoms with E-state index in [4.69, 9.17) is 0 Å². The van der Waals surface area contributed by atoms with E-state index in [0.717, 1.165) is 4.73 Å². The second-order valence-corrected chi connectivity index (χ2v) is 2.46. The van der Waals surface area contributed by atoms with Crippen LogP contribution in [0.2, 0.25) is 0 Å². The van der Waals surface area contributed by atoms with Gasteiger partial charge in [-0.1, -0.05) is 12.1 Å². The minimum atomic E-state index is 0.447. The zero-order valence-corrected chi connectivity index (χ0v) is 6.21. The number of hydrogen-bond donors (Lipinski definition) is 1. The number of fused-ring (bicyclic) bond motifs is 1. The number of hydrogen-bond acceptors (Lipinski definition) is 2. The highest BCUT2D eigenvalue weighted by Crippen LogP contribution is 2.05. The molecule has 0 bridgehead atoms. The molecule has 0 aliphatic rings. The van der Waals surface area contributed by atoms with Crippen LogP contribution in [0.4, 0.5) is 0 Å². The first-order chi connectivity index (χ1) is 5.79. The second kappa shape index (κ2) is 2.34. The smallest absolute Gasteiger partial charge is 0.289 e. The Kier molecular flexibility index (Phi) is 1.33. The Hall–Kier alpha value is -1.84. The van der Waals surface area contributed by atoms with Crippen LogP contribution in [-0.4, -0.2) is 9.94 Å². The fraction of sp³-hybridized carbons (Fsp3) is 0. The first-order valence-electron chi connectivity index (χ1n) is 3.51. The van der Waals surface area contributed by atoms with Crippen molar-refractivity contribution in [1.82, 2.24) is 4.73 Å². The van der Waals surface area contributed by atoms with Crippen LogP contribution in [0.15, 0.2) is 36.7 Å². The van der Waals surface area contributed by atoms with Crippen LogP contribution >= 0.6 is 0 Å². The molecule has 60 valence electrons. The Balaban J connectivity index is 3.05. The number of nitrogens with zero attached hydrogens (tertiary/aromatic N) is 2. The van der Waals surface area contributed by atoms with Crippen molar-refractivity contribution in [2.45, 2.75) is 0 Å². The van der Waals surface area contributed by atoms with Crippen LogP contribution in [-0.2, 0) is 0 Å². The summed E-state index contributed by atoms with van der Waals surface area (Å²) in [4.78, 5) is 11.1. The lowest BCUT2D eigenvalue weighted by Crippen LogP contribution is -2.16. The minimum Gasteiger partial charge on any atom is -0.428 e. The Bertz CT molecular complexity index is 476. The molecule has 0 unspecified atom stereocenters. The molecule has 2 rings (SSSR count). The zero-order chi connectivity index (χ0) is 8.55. The molecule has 2 aromatic rings. The lowest BCUT2D eigenvalue weighted by Gasteiger charge is -1.95. The van der Waals surface area contributed by atoms with Gasteiger partial charge in [-0.15, -0.1) is 0 Å². The molecule has 1 aromatic carbocycles. The van der Waals surface area contributed by atoms with Crippen LogP contribution in [0.1, 0.15) is 0 Å². The van der Waals surface area contributed by atoms with Crippen molar-refractivity contribution < 1.29 is 9.63 Å². The lowest BCUT2D eigenvalue weighted by molar-refractivity contribution is -0.465. The predicted octanol–water partition coefficient (Wildman–Crippen LogP) is 0.793. The maximum atomic E-state index is 11.1. The molecular weight excluding hydrogens is 156 g/mol. The maximum Gasteiger partial charge on any atom is 0.289 e. The van der Waals surface area contributed by atoms with Crippen molar-refractivity contribution in [3.8, 4) is 0 Å². The van der Waals surface area contributed by atoms with Crippen LogP contribution in [0.5, 0.6) is 0 Å². The van der Waals surface area contributed by atoms with Gasteiger partial charge in [0.25, 0.3) is 5.52 Å². The number of para-hydroxylation sites is 2. The van der Waals surface area contributed by atoms with Gasteiger partial charge in [-0.2, -0.15) is 4.73 Å². The molecule has 1 aromatic heterocycles. The molecule has 4 heteroatoms. The highest BCUT2D eigenvalue weighted by Gasteiger charge is 2.06. The van der Waals surface area contributed by atoms with E-state index in [9.17, 15) is 10.1 Å². The standard InChI is InChI=1S/C8H7N2O2/c11-9-5-6-10(12)8-4-2-1-3-7(8)9/h1-6,11H/q+1. The summed E-state index contributed by atoms with van der Waals surface area (Å²) < 4.78 is 1.63. The molecule has 4 nitrogen and oxygen atoms in total. The van der Waals surface area contributed by atoms with Crippen molar-refractivity contribution >= 4 is 11.0 Å². The van der Waals surface area contributed by atoms with E-state index in [0.29, 0.717) is 15.5 Å². The predicted molar refractivity (Wildman–Crippen MR) is 42.5 cm³/mol. The molecule has 0 aliphatic heterocycles. The fourth-order valence-electron chi connectivity index (χ4n) is 1.13. The SMILES string of the molecule is O=[n+]1ccn(O)c2ccccc21. The van der Waals surface area contributed by atoms with E-state index in [2.05, 4.69) is 0 Å². The lowest BCUT2D eigenvalue weighted by atomic mass is 10.3. The van der Waals surface area contributed by atoms with Crippen LogP contribution in [0.3, 0.4) is 0 Å². The summed E-state index contributed by atoms with van der Waals surface area (Å²) >= 11 is 0. The van der Waals surface area contributed by atoms with Gasteiger partial charge in [0.1, 0.15) is 6.20 Å². The first-order valence-corrected chi connectivity index (χ1v) is 3.51. The average Bonchev–Trinajstić information content (AvgIpc) is 2.12. The monoisotopic (exact) mass is 163 g/mol. The van der Waals surface area contributed by atoms with Crippen LogP contribution in [0, 0.1) is 4.91 Å². The highest BCUT2D eigenvalue weighted by atomic mass is 16.5. The third kappa shape index (κ3) is 0.852. The minimum absolute atomic E-state index is 0.447. The van der Waals surface area contributed by atoms with E-state index in [1.54, 1.807) is 24.3 Å². The third-order valence-electron chi connectivity index (χ3n) is 1.71. The summed E-state index contributed by atoms with van der Waals surface area (Å²) in [5.41, 5.74) is 0.942. The molecule has 0 saturated heterocycles. The summed E-state index contributed by atoms with van der Waals surface area (Å²) in [6.07, 6.45) is 2.55. The zero-order valence-electron chi connectivity index (χ0n) is 6.21. The van der Waals surface area contributed by atoms with Gasteiger partial charge in [-0.3, -0.25) is 0 Å². The Morgan fingerprint density at radius 1 is 1.33 bits per heavy atom. The van der Waals surface area contributed by atoms with E-state index in [1.165, 1.54) is 12.4 Å². The number of benzene rings is 1. The molecular formula is C8H7N2O2+. The summed E-state index contributed by atoms with van der Waals surface area (Å²) in [6.45, 7) is 0.